The van der Waals surface area contributed by atoms with Crippen LogP contribution in [0.1, 0.15) is 12.0 Å². The first-order valence-corrected chi connectivity index (χ1v) is 13.3. The van der Waals surface area contributed by atoms with E-state index in [1.54, 1.807) is 0 Å². The quantitative estimate of drug-likeness (QED) is 0.626. The molecule has 6 heteroatoms. The van der Waals surface area contributed by atoms with E-state index in [9.17, 15) is 0 Å². The fraction of sp³-hybridized carbons (Fsp3) is 0.200. The Hall–Kier alpha value is -3.61. The van der Waals surface area contributed by atoms with Gasteiger partial charge in [-0.3, -0.25) is 0 Å². The normalized spacial score (nSPS) is 21.8. The van der Waals surface area contributed by atoms with Gasteiger partial charge >= 0.3 is 0 Å². The Labute approximate surface area is 215 Å². The summed E-state index contributed by atoms with van der Waals surface area (Å²) in [5, 5.41) is 5.97. The minimum absolute atomic E-state index is 0.378. The fourth-order valence-corrected chi connectivity index (χ4v) is 6.07. The zero-order valence-electron chi connectivity index (χ0n) is 20.5. The number of thioether (sulfide) groups is 1. The van der Waals surface area contributed by atoms with Gasteiger partial charge in [-0.25, -0.2) is 9.98 Å². The van der Waals surface area contributed by atoms with Crippen LogP contribution in [0, 0.1) is 0 Å². The molecular weight excluding hydrogens is 462 g/mol. The molecule has 2 N–H and O–H groups in total. The smallest absolute Gasteiger partial charge is 0.0879 e. The first kappa shape index (κ1) is 22.8. The molecule has 0 amide bonds. The lowest BCUT2D eigenvalue weighted by Crippen LogP contribution is -2.36. The van der Waals surface area contributed by atoms with Gasteiger partial charge in [0.15, 0.2) is 0 Å². The Balaban J connectivity index is 1.46. The molecule has 8 bridgehead atoms. The predicted molar refractivity (Wildman–Crippen MR) is 152 cm³/mol. The van der Waals surface area contributed by atoms with Gasteiger partial charge < -0.3 is 15.2 Å². The minimum atomic E-state index is -0.378. The molecular formula is C30H29N5S. The maximum absolute atomic E-state index is 4.93. The second kappa shape index (κ2) is 9.45. The zero-order chi connectivity index (χ0) is 24.5. The second-order valence-corrected chi connectivity index (χ2v) is 10.8. The summed E-state index contributed by atoms with van der Waals surface area (Å²) in [4.78, 5) is 16.7. The van der Waals surface area contributed by atoms with Gasteiger partial charge in [0.25, 0.3) is 0 Å². The number of hydrogen-bond donors (Lipinski definition) is 2. The second-order valence-electron chi connectivity index (χ2n) is 9.64. The molecule has 0 spiro atoms. The number of aliphatic imine (C=N–C) groups is 2. The van der Waals surface area contributed by atoms with Crippen molar-refractivity contribution in [3.63, 3.8) is 0 Å². The molecule has 0 saturated heterocycles. The van der Waals surface area contributed by atoms with Crippen LogP contribution in [-0.4, -0.2) is 47.7 Å². The van der Waals surface area contributed by atoms with Crippen LogP contribution in [0.15, 0.2) is 111 Å². The van der Waals surface area contributed by atoms with Gasteiger partial charge in [0.05, 0.1) is 28.4 Å². The van der Waals surface area contributed by atoms with Crippen LogP contribution < -0.4 is 16.0 Å². The number of aromatic nitrogens is 1. The van der Waals surface area contributed by atoms with Gasteiger partial charge in [-0.2, -0.15) is 0 Å². The molecule has 4 aliphatic heterocycles. The van der Waals surface area contributed by atoms with Crippen LogP contribution >= 0.6 is 11.8 Å². The van der Waals surface area contributed by atoms with Crippen LogP contribution in [0.25, 0.3) is 12.2 Å². The van der Waals surface area contributed by atoms with Crippen LogP contribution in [0.2, 0.25) is 0 Å². The summed E-state index contributed by atoms with van der Waals surface area (Å²) in [5.74, 6) is 1.04. The summed E-state index contributed by atoms with van der Waals surface area (Å²) in [6, 6.07) is 13.0. The number of allylic oxidation sites excluding steroid dienone is 6. The third-order valence-corrected chi connectivity index (χ3v) is 7.63. The minimum Gasteiger partial charge on any atom is -0.372 e. The van der Waals surface area contributed by atoms with E-state index in [2.05, 4.69) is 102 Å². The van der Waals surface area contributed by atoms with Crippen molar-refractivity contribution >= 4 is 35.3 Å². The van der Waals surface area contributed by atoms with Crippen LogP contribution in [-0.2, 0) is 5.54 Å². The summed E-state index contributed by atoms with van der Waals surface area (Å²) in [7, 11) is 4.24. The van der Waals surface area contributed by atoms with E-state index in [0.29, 0.717) is 0 Å². The van der Waals surface area contributed by atoms with Crippen molar-refractivity contribution in [3.8, 4) is 0 Å². The number of aromatic amines is 1. The molecule has 5 nitrogen and oxygen atoms in total. The molecule has 1 aromatic carbocycles. The lowest BCUT2D eigenvalue weighted by molar-refractivity contribution is 0.437. The number of hydrogen-bond acceptors (Lipinski definition) is 5. The third-order valence-electron chi connectivity index (χ3n) is 6.58. The molecule has 0 fully saturated rings. The zero-order valence-corrected chi connectivity index (χ0v) is 21.3. The molecule has 1 aromatic heterocycles. The number of benzene rings is 1. The van der Waals surface area contributed by atoms with Gasteiger partial charge in [0.1, 0.15) is 0 Å². The highest BCUT2D eigenvalue weighted by atomic mass is 32.2. The van der Waals surface area contributed by atoms with E-state index >= 15 is 0 Å². The molecule has 1 atom stereocenters. The van der Waals surface area contributed by atoms with Gasteiger partial charge in [-0.15, -0.1) is 11.8 Å². The lowest BCUT2D eigenvalue weighted by atomic mass is 9.87. The summed E-state index contributed by atoms with van der Waals surface area (Å²) >= 11 is 1.91. The van der Waals surface area contributed by atoms with Crippen molar-refractivity contribution in [2.45, 2.75) is 16.9 Å². The van der Waals surface area contributed by atoms with Crippen molar-refractivity contribution < 1.29 is 0 Å². The molecule has 2 aromatic rings. The third kappa shape index (κ3) is 4.74. The first-order valence-electron chi connectivity index (χ1n) is 12.3. The molecule has 6 rings (SSSR count). The standard InChI is InChI=1S/C30H29N5S/c1-35(2)15-16-36-29-6-4-3-5-28(29)30-14-13-26(34-30)19-25-10-9-22(32-25)17-21-7-8-23(31-21)18-24-11-12-27(20-30)33-24/h3-13,17-20,32,34H,14-16H2,1-2H3. The number of nitrogens with zero attached hydrogens (tertiary/aromatic N) is 3. The molecule has 1 unspecified atom stereocenters. The highest BCUT2D eigenvalue weighted by Gasteiger charge is 2.36. The van der Waals surface area contributed by atoms with Gasteiger partial charge in [-0.05, 0) is 92.9 Å². The number of H-pyrrole nitrogens is 1. The Kier molecular flexibility index (Phi) is 5.99. The first-order chi connectivity index (χ1) is 17.5. The summed E-state index contributed by atoms with van der Waals surface area (Å²) in [6.07, 6.45) is 20.0. The van der Waals surface area contributed by atoms with Gasteiger partial charge in [0.2, 0.25) is 0 Å². The largest absolute Gasteiger partial charge is 0.372 e. The van der Waals surface area contributed by atoms with E-state index < -0.39 is 0 Å². The van der Waals surface area contributed by atoms with Crippen molar-refractivity contribution in [1.29, 1.82) is 0 Å². The number of fused-ring (bicyclic) bond motifs is 6. The molecule has 0 aliphatic carbocycles. The van der Waals surface area contributed by atoms with E-state index in [0.717, 1.165) is 57.9 Å². The monoisotopic (exact) mass is 491 g/mol. The highest BCUT2D eigenvalue weighted by Crippen LogP contribution is 2.40. The molecule has 36 heavy (non-hydrogen) atoms. The van der Waals surface area contributed by atoms with E-state index in [-0.39, 0.29) is 5.54 Å². The molecule has 0 radical (unpaired) electrons. The summed E-state index contributed by atoms with van der Waals surface area (Å²) in [5.41, 5.74) is 5.73. The van der Waals surface area contributed by atoms with Crippen LogP contribution in [0.3, 0.4) is 0 Å². The van der Waals surface area contributed by atoms with Crippen molar-refractivity contribution in [2.75, 3.05) is 26.4 Å². The molecule has 4 aliphatic rings. The van der Waals surface area contributed by atoms with Crippen molar-refractivity contribution in [1.82, 2.24) is 15.2 Å². The Bertz CT molecular complexity index is 1540. The van der Waals surface area contributed by atoms with E-state index in [1.807, 2.05) is 30.0 Å². The summed E-state index contributed by atoms with van der Waals surface area (Å²) < 4.78 is 0. The molecule has 5 heterocycles. The Morgan fingerprint density at radius 3 is 2.50 bits per heavy atom. The highest BCUT2D eigenvalue weighted by molar-refractivity contribution is 7.99. The average molecular weight is 492 g/mol. The van der Waals surface area contributed by atoms with Crippen molar-refractivity contribution in [2.24, 2.45) is 9.98 Å². The molecule has 0 saturated carbocycles. The molecule has 180 valence electrons. The number of nitrogens with one attached hydrogen (secondary N) is 2. The topological polar surface area (TPSA) is 55.8 Å². The Morgan fingerprint density at radius 1 is 0.889 bits per heavy atom. The Morgan fingerprint density at radius 2 is 1.64 bits per heavy atom. The summed E-state index contributed by atoms with van der Waals surface area (Å²) in [6.45, 7) is 1.04. The van der Waals surface area contributed by atoms with Crippen molar-refractivity contribution in [3.05, 3.63) is 112 Å². The maximum atomic E-state index is 4.93. The number of rotatable bonds is 5. The average Bonchev–Trinajstić information content (AvgIpc) is 3.65. The van der Waals surface area contributed by atoms with E-state index in [4.69, 9.17) is 9.98 Å². The fourth-order valence-electron chi connectivity index (χ4n) is 4.81. The van der Waals surface area contributed by atoms with Crippen LogP contribution in [0.4, 0.5) is 0 Å². The SMILES string of the molecule is CN(C)CCSc1ccccc1C12C=C3C=CC(=N3)C=C3C=CC(=N3)C=c3ccc([nH]3)=CC(=CC1)N2. The van der Waals surface area contributed by atoms with Gasteiger partial charge in [-0.1, -0.05) is 24.3 Å². The van der Waals surface area contributed by atoms with Gasteiger partial charge in [0, 0.05) is 33.6 Å². The van der Waals surface area contributed by atoms with Crippen LogP contribution in [0.5, 0.6) is 0 Å². The van der Waals surface area contributed by atoms with E-state index in [1.165, 1.54) is 10.5 Å². The lowest BCUT2D eigenvalue weighted by Gasteiger charge is -2.31. The maximum Gasteiger partial charge on any atom is 0.0879 e. The predicted octanol–water partition coefficient (Wildman–Crippen LogP) is 3.81.